The van der Waals surface area contributed by atoms with Crippen LogP contribution in [0, 0.1) is 13.8 Å². The van der Waals surface area contributed by atoms with Gasteiger partial charge >= 0.3 is 0 Å². The summed E-state index contributed by atoms with van der Waals surface area (Å²) in [5.41, 5.74) is 3.71. The lowest BCUT2D eigenvalue weighted by Gasteiger charge is -2.00. The van der Waals surface area contributed by atoms with Crippen LogP contribution in [0.15, 0.2) is 45.6 Å². The van der Waals surface area contributed by atoms with Crippen LogP contribution in [0.1, 0.15) is 11.1 Å². The molecule has 0 aliphatic rings. The molecular weight excluding hydrogens is 286 g/mol. The molecule has 2 nitrogen and oxygen atoms in total. The van der Waals surface area contributed by atoms with Gasteiger partial charge in [-0.1, -0.05) is 11.8 Å². The van der Waals surface area contributed by atoms with E-state index in [-0.39, 0.29) is 0 Å². The molecule has 102 valence electrons. The number of nitrogens with zero attached hydrogens (tertiary/aromatic N) is 1. The topological polar surface area (TPSA) is 22.1 Å². The van der Waals surface area contributed by atoms with Gasteiger partial charge in [0.1, 0.15) is 5.75 Å². The number of fused-ring (bicyclic) bond motifs is 1. The maximum absolute atomic E-state index is 5.17. The molecule has 1 aromatic heterocycles. The lowest BCUT2D eigenvalue weighted by Crippen LogP contribution is -1.81. The van der Waals surface area contributed by atoms with Gasteiger partial charge in [0.2, 0.25) is 0 Å². The standard InChI is InChI=1S/C16H15NOS2/c1-10-8-14-15(9-11(10)2)20-16(17-14)19-13-6-4-12(18-3)5-7-13/h4-9H,1-3H3. The Balaban J connectivity index is 1.90. The van der Waals surface area contributed by atoms with Crippen LogP contribution in [-0.2, 0) is 0 Å². The number of thiazole rings is 1. The van der Waals surface area contributed by atoms with E-state index < -0.39 is 0 Å². The van der Waals surface area contributed by atoms with Crippen LogP contribution in [0.2, 0.25) is 0 Å². The molecule has 0 saturated heterocycles. The third kappa shape index (κ3) is 2.67. The van der Waals surface area contributed by atoms with Crippen LogP contribution < -0.4 is 4.74 Å². The highest BCUT2D eigenvalue weighted by Crippen LogP contribution is 2.35. The average molecular weight is 301 g/mol. The molecule has 0 aliphatic carbocycles. The van der Waals surface area contributed by atoms with Gasteiger partial charge in [-0.2, -0.15) is 0 Å². The van der Waals surface area contributed by atoms with E-state index in [9.17, 15) is 0 Å². The van der Waals surface area contributed by atoms with Crippen LogP contribution >= 0.6 is 23.1 Å². The third-order valence-corrected chi connectivity index (χ3v) is 5.34. The third-order valence-electron chi connectivity index (χ3n) is 3.25. The zero-order chi connectivity index (χ0) is 14.1. The van der Waals surface area contributed by atoms with E-state index in [0.29, 0.717) is 0 Å². The Morgan fingerprint density at radius 2 is 1.75 bits per heavy atom. The van der Waals surface area contributed by atoms with E-state index in [1.165, 1.54) is 20.7 Å². The van der Waals surface area contributed by atoms with Crippen molar-refractivity contribution in [1.29, 1.82) is 0 Å². The van der Waals surface area contributed by atoms with Gasteiger partial charge in [0.15, 0.2) is 4.34 Å². The Hall–Kier alpha value is -1.52. The molecule has 0 saturated carbocycles. The number of hydrogen-bond acceptors (Lipinski definition) is 4. The molecule has 0 spiro atoms. The molecule has 0 radical (unpaired) electrons. The smallest absolute Gasteiger partial charge is 0.155 e. The summed E-state index contributed by atoms with van der Waals surface area (Å²) in [6.45, 7) is 4.27. The first-order chi connectivity index (χ1) is 9.65. The molecule has 3 rings (SSSR count). The lowest BCUT2D eigenvalue weighted by molar-refractivity contribution is 0.414. The monoisotopic (exact) mass is 301 g/mol. The molecule has 2 aromatic carbocycles. The van der Waals surface area contributed by atoms with E-state index in [4.69, 9.17) is 9.72 Å². The highest BCUT2D eigenvalue weighted by Gasteiger charge is 2.07. The maximum Gasteiger partial charge on any atom is 0.155 e. The fraction of sp³-hybridized carbons (Fsp3) is 0.188. The highest BCUT2D eigenvalue weighted by atomic mass is 32.2. The molecule has 0 amide bonds. The number of rotatable bonds is 3. The van der Waals surface area contributed by atoms with Crippen LogP contribution in [0.5, 0.6) is 5.75 Å². The molecule has 3 aromatic rings. The number of methoxy groups -OCH3 is 1. The summed E-state index contributed by atoms with van der Waals surface area (Å²) in [4.78, 5) is 5.88. The van der Waals surface area contributed by atoms with Crippen molar-refractivity contribution >= 4 is 33.3 Å². The second kappa shape index (κ2) is 5.46. The van der Waals surface area contributed by atoms with Gasteiger partial charge in [0, 0.05) is 4.90 Å². The van der Waals surface area contributed by atoms with Crippen LogP contribution in [0.3, 0.4) is 0 Å². The number of benzene rings is 2. The SMILES string of the molecule is COc1ccc(Sc2nc3cc(C)c(C)cc3s2)cc1. The van der Waals surface area contributed by atoms with E-state index in [2.05, 4.69) is 38.1 Å². The van der Waals surface area contributed by atoms with E-state index in [1.807, 2.05) is 12.1 Å². The lowest BCUT2D eigenvalue weighted by atomic mass is 10.1. The fourth-order valence-electron chi connectivity index (χ4n) is 1.95. The first kappa shape index (κ1) is 13.5. The molecular formula is C16H15NOS2. The van der Waals surface area contributed by atoms with Gasteiger partial charge in [-0.05, 0) is 61.4 Å². The Morgan fingerprint density at radius 1 is 1.05 bits per heavy atom. The summed E-state index contributed by atoms with van der Waals surface area (Å²) in [6.07, 6.45) is 0. The predicted molar refractivity (Wildman–Crippen MR) is 86.2 cm³/mol. The average Bonchev–Trinajstić information content (AvgIpc) is 2.81. The molecule has 0 atom stereocenters. The van der Waals surface area contributed by atoms with Gasteiger partial charge in [0.05, 0.1) is 17.3 Å². The Labute approximate surface area is 126 Å². The molecule has 20 heavy (non-hydrogen) atoms. The van der Waals surface area contributed by atoms with Crippen molar-refractivity contribution in [2.45, 2.75) is 23.1 Å². The summed E-state index contributed by atoms with van der Waals surface area (Å²) in [7, 11) is 1.68. The summed E-state index contributed by atoms with van der Waals surface area (Å²) in [5, 5.41) is 0. The van der Waals surface area contributed by atoms with Gasteiger partial charge in [-0.3, -0.25) is 0 Å². The molecule has 4 heteroatoms. The van der Waals surface area contributed by atoms with Crippen LogP contribution in [0.4, 0.5) is 0 Å². The summed E-state index contributed by atoms with van der Waals surface area (Å²) in [6, 6.07) is 12.5. The number of ether oxygens (including phenoxy) is 1. The van der Waals surface area contributed by atoms with Crippen molar-refractivity contribution in [3.8, 4) is 5.75 Å². The molecule has 1 heterocycles. The first-order valence-corrected chi connectivity index (χ1v) is 7.99. The summed E-state index contributed by atoms with van der Waals surface area (Å²) < 4.78 is 7.50. The van der Waals surface area contributed by atoms with Crippen molar-refractivity contribution in [2.75, 3.05) is 7.11 Å². The minimum absolute atomic E-state index is 0.880. The van der Waals surface area contributed by atoms with Crippen LogP contribution in [0.25, 0.3) is 10.2 Å². The normalized spacial score (nSPS) is 10.9. The van der Waals surface area contributed by atoms with Gasteiger partial charge in [-0.15, -0.1) is 11.3 Å². The second-order valence-electron chi connectivity index (χ2n) is 4.66. The Kier molecular flexibility index (Phi) is 3.68. The van der Waals surface area contributed by atoms with Crippen LogP contribution in [-0.4, -0.2) is 12.1 Å². The molecule has 0 unspecified atom stereocenters. The predicted octanol–water partition coefficient (Wildman–Crippen LogP) is 5.07. The maximum atomic E-state index is 5.17. The quantitative estimate of drug-likeness (QED) is 0.674. The van der Waals surface area contributed by atoms with Gasteiger partial charge < -0.3 is 4.74 Å². The van der Waals surface area contributed by atoms with Crippen molar-refractivity contribution in [3.63, 3.8) is 0 Å². The highest BCUT2D eigenvalue weighted by molar-refractivity contribution is 8.01. The van der Waals surface area contributed by atoms with Crippen molar-refractivity contribution in [2.24, 2.45) is 0 Å². The Bertz CT molecular complexity index is 708. The summed E-state index contributed by atoms with van der Waals surface area (Å²) >= 11 is 3.44. The van der Waals surface area contributed by atoms with E-state index >= 15 is 0 Å². The van der Waals surface area contributed by atoms with Gasteiger partial charge in [-0.25, -0.2) is 4.98 Å². The fourth-order valence-corrected chi connectivity index (χ4v) is 4.07. The van der Waals surface area contributed by atoms with E-state index in [1.54, 1.807) is 30.2 Å². The van der Waals surface area contributed by atoms with Crippen molar-refractivity contribution < 1.29 is 4.74 Å². The molecule has 0 bridgehead atoms. The minimum atomic E-state index is 0.880. The number of hydrogen-bond donors (Lipinski definition) is 0. The first-order valence-electron chi connectivity index (χ1n) is 6.35. The number of aromatic nitrogens is 1. The summed E-state index contributed by atoms with van der Waals surface area (Å²) in [5.74, 6) is 0.880. The second-order valence-corrected chi connectivity index (χ2v) is 7.01. The Morgan fingerprint density at radius 3 is 2.45 bits per heavy atom. The van der Waals surface area contributed by atoms with Crippen molar-refractivity contribution in [3.05, 3.63) is 47.5 Å². The number of aryl methyl sites for hydroxylation is 2. The van der Waals surface area contributed by atoms with E-state index in [0.717, 1.165) is 15.6 Å². The largest absolute Gasteiger partial charge is 0.497 e. The van der Waals surface area contributed by atoms with Gasteiger partial charge in [0.25, 0.3) is 0 Å². The van der Waals surface area contributed by atoms with Crippen molar-refractivity contribution in [1.82, 2.24) is 4.98 Å². The zero-order valence-corrected chi connectivity index (χ0v) is 13.3. The zero-order valence-electron chi connectivity index (χ0n) is 11.6. The molecule has 0 fully saturated rings. The molecule has 0 N–H and O–H groups in total. The minimum Gasteiger partial charge on any atom is -0.497 e. The molecule has 0 aliphatic heterocycles.